The summed E-state index contributed by atoms with van der Waals surface area (Å²) < 4.78 is 11.3. The Labute approximate surface area is 147 Å². The Kier molecular flexibility index (Phi) is 3.49. The Morgan fingerprint density at radius 1 is 1.20 bits per heavy atom. The van der Waals surface area contributed by atoms with Crippen LogP contribution >= 0.6 is 0 Å². The second kappa shape index (κ2) is 5.19. The molecule has 0 unspecified atom stereocenters. The molecular weight excluding hydrogens is 324 g/mol. The topological polar surface area (TPSA) is 93.7 Å². The molecule has 2 amide bonds. The molecule has 2 bridgehead atoms. The van der Waals surface area contributed by atoms with Crippen LogP contribution in [-0.4, -0.2) is 42.8 Å². The van der Waals surface area contributed by atoms with Crippen LogP contribution in [0.3, 0.4) is 0 Å². The molecule has 0 radical (unpaired) electrons. The van der Waals surface area contributed by atoms with E-state index < -0.39 is 17.1 Å². The molecule has 4 fully saturated rings. The van der Waals surface area contributed by atoms with Crippen molar-refractivity contribution < 1.29 is 23.9 Å². The summed E-state index contributed by atoms with van der Waals surface area (Å²) in [5.74, 6) is -0.341. The van der Waals surface area contributed by atoms with Gasteiger partial charge in [-0.1, -0.05) is 13.8 Å². The van der Waals surface area contributed by atoms with Gasteiger partial charge in [-0.2, -0.15) is 0 Å². The maximum atomic E-state index is 13.0. The molecule has 7 nitrogen and oxygen atoms in total. The summed E-state index contributed by atoms with van der Waals surface area (Å²) in [5.41, 5.74) is -1.40. The van der Waals surface area contributed by atoms with Gasteiger partial charge in [0.25, 0.3) is 0 Å². The smallest absolute Gasteiger partial charge is 0.314 e. The quantitative estimate of drug-likeness (QED) is 0.721. The molecule has 6 atom stereocenters. The van der Waals surface area contributed by atoms with E-state index in [-0.39, 0.29) is 35.3 Å². The third-order valence-electron chi connectivity index (χ3n) is 6.34. The van der Waals surface area contributed by atoms with Crippen LogP contribution in [0.15, 0.2) is 0 Å². The van der Waals surface area contributed by atoms with Gasteiger partial charge in [0.05, 0.1) is 11.5 Å². The van der Waals surface area contributed by atoms with E-state index in [4.69, 9.17) is 9.47 Å². The molecule has 25 heavy (non-hydrogen) atoms. The minimum atomic E-state index is -0.730. The van der Waals surface area contributed by atoms with Gasteiger partial charge < -0.3 is 20.1 Å². The summed E-state index contributed by atoms with van der Waals surface area (Å²) in [6.45, 7) is 6.53. The molecular formula is C18H26N2O5. The Morgan fingerprint density at radius 3 is 2.72 bits per heavy atom. The van der Waals surface area contributed by atoms with Crippen LogP contribution in [-0.2, 0) is 23.9 Å². The summed E-state index contributed by atoms with van der Waals surface area (Å²) in [5, 5.41) is 5.83. The van der Waals surface area contributed by atoms with Crippen LogP contribution in [0, 0.1) is 16.2 Å². The number of hydrogen-bond donors (Lipinski definition) is 2. The van der Waals surface area contributed by atoms with Crippen LogP contribution in [0.1, 0.15) is 52.9 Å². The Hall–Kier alpha value is -1.63. The van der Waals surface area contributed by atoms with Crippen molar-refractivity contribution in [1.82, 2.24) is 10.6 Å². The Balaban J connectivity index is 1.48. The van der Waals surface area contributed by atoms with E-state index in [0.717, 1.165) is 6.42 Å². The largest absolute Gasteiger partial charge is 0.433 e. The zero-order valence-corrected chi connectivity index (χ0v) is 15.0. The number of carbonyl (C=O) groups is 3. The van der Waals surface area contributed by atoms with Gasteiger partial charge >= 0.3 is 5.97 Å². The lowest BCUT2D eigenvalue weighted by Gasteiger charge is -2.55. The van der Waals surface area contributed by atoms with E-state index >= 15 is 0 Å². The number of nitrogens with one attached hydrogen (secondary N) is 2. The van der Waals surface area contributed by atoms with Crippen molar-refractivity contribution in [2.45, 2.75) is 71.3 Å². The second-order valence-corrected chi connectivity index (χ2v) is 9.23. The number of hydrogen-bond acceptors (Lipinski definition) is 5. The third kappa shape index (κ3) is 2.63. The van der Waals surface area contributed by atoms with Gasteiger partial charge in [0, 0.05) is 18.4 Å². The number of amides is 2. The van der Waals surface area contributed by atoms with Crippen LogP contribution in [0.2, 0.25) is 0 Å². The molecule has 4 rings (SSSR count). The van der Waals surface area contributed by atoms with E-state index in [1.54, 1.807) is 0 Å². The summed E-state index contributed by atoms with van der Waals surface area (Å²) in [6.07, 6.45) is 2.26. The minimum Gasteiger partial charge on any atom is -0.433 e. The highest BCUT2D eigenvalue weighted by Crippen LogP contribution is 2.56. The molecule has 1 aliphatic carbocycles. The molecule has 3 heterocycles. The van der Waals surface area contributed by atoms with E-state index in [1.807, 2.05) is 13.8 Å². The van der Waals surface area contributed by atoms with Crippen LogP contribution in [0.4, 0.5) is 0 Å². The summed E-state index contributed by atoms with van der Waals surface area (Å²) >= 11 is 0. The fraction of sp³-hybridized carbons (Fsp3) is 0.833. The molecule has 138 valence electrons. The van der Waals surface area contributed by atoms with Crippen LogP contribution in [0.5, 0.6) is 0 Å². The van der Waals surface area contributed by atoms with Gasteiger partial charge in [-0.05, 0) is 38.0 Å². The first-order valence-electron chi connectivity index (χ1n) is 9.07. The first-order valence-corrected chi connectivity index (χ1v) is 9.07. The molecule has 7 heteroatoms. The number of esters is 1. The van der Waals surface area contributed by atoms with Crippen molar-refractivity contribution in [1.29, 1.82) is 0 Å². The minimum absolute atomic E-state index is 0.0169. The molecule has 3 saturated heterocycles. The molecule has 3 aliphatic heterocycles. The average molecular weight is 350 g/mol. The fourth-order valence-corrected chi connectivity index (χ4v) is 5.59. The van der Waals surface area contributed by atoms with Gasteiger partial charge in [-0.25, -0.2) is 0 Å². The maximum absolute atomic E-state index is 13.0. The lowest BCUT2D eigenvalue weighted by atomic mass is 9.52. The number of fused-ring (bicyclic) bond motifs is 3. The van der Waals surface area contributed by atoms with Gasteiger partial charge in [0.15, 0.2) is 0 Å². The summed E-state index contributed by atoms with van der Waals surface area (Å²) in [7, 11) is 0. The van der Waals surface area contributed by atoms with Gasteiger partial charge in [-0.3, -0.25) is 14.4 Å². The molecule has 1 saturated carbocycles. The normalized spacial score (nSPS) is 48.5. The van der Waals surface area contributed by atoms with E-state index in [9.17, 15) is 14.4 Å². The number of ether oxygens (including phenoxy) is 2. The Morgan fingerprint density at radius 2 is 1.96 bits per heavy atom. The van der Waals surface area contributed by atoms with E-state index in [0.29, 0.717) is 32.2 Å². The zero-order valence-electron chi connectivity index (χ0n) is 15.0. The first kappa shape index (κ1) is 16.8. The lowest BCUT2D eigenvalue weighted by molar-refractivity contribution is -0.279. The Bertz CT molecular complexity index is 651. The van der Waals surface area contributed by atoms with E-state index in [2.05, 4.69) is 17.6 Å². The molecule has 0 spiro atoms. The highest BCUT2D eigenvalue weighted by molar-refractivity contribution is 5.86. The van der Waals surface area contributed by atoms with Gasteiger partial charge in [0.1, 0.15) is 6.04 Å². The molecule has 2 N–H and O–H groups in total. The van der Waals surface area contributed by atoms with Gasteiger partial charge in [-0.15, -0.1) is 0 Å². The summed E-state index contributed by atoms with van der Waals surface area (Å²) in [4.78, 5) is 36.9. The zero-order chi connectivity index (χ0) is 18.0. The molecule has 0 aromatic heterocycles. The average Bonchev–Trinajstić information content (AvgIpc) is 2.50. The summed E-state index contributed by atoms with van der Waals surface area (Å²) in [6, 6.07) is -0.244. The fourth-order valence-electron chi connectivity index (χ4n) is 5.59. The molecule has 0 aromatic rings. The van der Waals surface area contributed by atoms with Crippen LogP contribution in [0.25, 0.3) is 0 Å². The highest BCUT2D eigenvalue weighted by Gasteiger charge is 2.59. The monoisotopic (exact) mass is 350 g/mol. The molecule has 0 aromatic carbocycles. The standard InChI is InChI=1S/C18H26N2O5/c1-16-6-17(2,14(22)19-9-16)8-18(3,7-16)15(23)25-13-12-10(24-13)4-5-11(21)20-12/h10,12-13H,4-9H2,1-3H3,(H,19,22)(H,20,21)/t10-,12+,13-,16+,17-,18+/m1/s1. The van der Waals surface area contributed by atoms with Crippen molar-refractivity contribution in [3.63, 3.8) is 0 Å². The molecule has 4 aliphatic rings. The van der Waals surface area contributed by atoms with Crippen LogP contribution < -0.4 is 10.6 Å². The maximum Gasteiger partial charge on any atom is 0.314 e. The predicted molar refractivity (Wildman–Crippen MR) is 87.1 cm³/mol. The highest BCUT2D eigenvalue weighted by atomic mass is 16.7. The lowest BCUT2D eigenvalue weighted by Crippen LogP contribution is -2.67. The van der Waals surface area contributed by atoms with Crippen molar-refractivity contribution >= 4 is 17.8 Å². The van der Waals surface area contributed by atoms with E-state index in [1.165, 1.54) is 0 Å². The number of rotatable bonds is 2. The predicted octanol–water partition coefficient (Wildman–Crippen LogP) is 0.866. The van der Waals surface area contributed by atoms with Crippen molar-refractivity contribution in [2.24, 2.45) is 16.2 Å². The third-order valence-corrected chi connectivity index (χ3v) is 6.34. The van der Waals surface area contributed by atoms with Crippen molar-refractivity contribution in [3.05, 3.63) is 0 Å². The first-order chi connectivity index (χ1) is 11.6. The van der Waals surface area contributed by atoms with Gasteiger partial charge in [0.2, 0.25) is 18.1 Å². The number of carbonyl (C=O) groups excluding carboxylic acids is 3. The van der Waals surface area contributed by atoms with Crippen molar-refractivity contribution in [3.8, 4) is 0 Å². The van der Waals surface area contributed by atoms with Crippen molar-refractivity contribution in [2.75, 3.05) is 6.54 Å². The number of piperidine rings is 2. The SMILES string of the molecule is C[C@]12CNC(=O)[C@](C)(C1)C[C@@](C)(C(=O)O[C@H]1O[C@@H]3CCC(=O)N[C@H]13)C2. The second-order valence-electron chi connectivity index (χ2n) is 9.23.